The smallest absolute Gasteiger partial charge is 0.255 e. The van der Waals surface area contributed by atoms with Crippen LogP contribution in [-0.2, 0) is 9.84 Å². The Morgan fingerprint density at radius 2 is 1.62 bits per heavy atom. The Kier molecular flexibility index (Phi) is 5.08. The quantitative estimate of drug-likeness (QED) is 0.894. The van der Waals surface area contributed by atoms with Gasteiger partial charge in [0.15, 0.2) is 9.84 Å². The van der Waals surface area contributed by atoms with E-state index in [0.29, 0.717) is 11.3 Å². The van der Waals surface area contributed by atoms with Gasteiger partial charge in [0.05, 0.1) is 4.90 Å². The predicted molar refractivity (Wildman–Crippen MR) is 99.1 cm³/mol. The number of sulfone groups is 1. The van der Waals surface area contributed by atoms with Crippen molar-refractivity contribution in [2.24, 2.45) is 0 Å². The highest BCUT2D eigenvalue weighted by atomic mass is 32.2. The summed E-state index contributed by atoms with van der Waals surface area (Å²) >= 11 is 0. The maximum absolute atomic E-state index is 12.5. The molecule has 1 N–H and O–H groups in total. The molecule has 1 fully saturated rings. The van der Waals surface area contributed by atoms with E-state index in [-0.39, 0.29) is 16.4 Å². The number of likely N-dealkylation sites (tertiary alicyclic amines) is 1. The first-order valence-corrected chi connectivity index (χ1v) is 10.2. The van der Waals surface area contributed by atoms with Crippen LogP contribution in [0.2, 0.25) is 0 Å². The molecule has 3 rings (SSSR count). The Hall–Kier alpha value is -2.67. The number of amides is 2. The summed E-state index contributed by atoms with van der Waals surface area (Å²) in [4.78, 5) is 26.8. The van der Waals surface area contributed by atoms with Crippen LogP contribution in [0.25, 0.3) is 0 Å². The zero-order valence-electron chi connectivity index (χ0n) is 14.4. The molecule has 0 radical (unpaired) electrons. The van der Waals surface area contributed by atoms with Gasteiger partial charge in [-0.2, -0.15) is 0 Å². The molecule has 2 aromatic carbocycles. The lowest BCUT2D eigenvalue weighted by molar-refractivity contribution is 0.0792. The maximum atomic E-state index is 12.5. The van der Waals surface area contributed by atoms with Gasteiger partial charge in [-0.3, -0.25) is 9.59 Å². The zero-order valence-corrected chi connectivity index (χ0v) is 15.3. The second kappa shape index (κ2) is 7.29. The molecule has 2 aromatic rings. The van der Waals surface area contributed by atoms with Crippen molar-refractivity contribution in [1.82, 2.24) is 4.90 Å². The molecule has 26 heavy (non-hydrogen) atoms. The number of benzene rings is 2. The number of carbonyl (C=O) groups is 2. The molecular weight excluding hydrogens is 352 g/mol. The van der Waals surface area contributed by atoms with Crippen LogP contribution in [0, 0.1) is 0 Å². The monoisotopic (exact) mass is 372 g/mol. The SMILES string of the molecule is CS(=O)(=O)c1cccc(C(=O)Nc2cccc(C(=O)N3CCCC3)c2)c1. The first kappa shape index (κ1) is 18.1. The molecule has 136 valence electrons. The van der Waals surface area contributed by atoms with Crippen molar-refractivity contribution in [2.75, 3.05) is 24.7 Å². The highest BCUT2D eigenvalue weighted by Gasteiger charge is 2.20. The van der Waals surface area contributed by atoms with Crippen molar-refractivity contribution in [3.63, 3.8) is 0 Å². The first-order chi connectivity index (χ1) is 12.3. The number of rotatable bonds is 4. The van der Waals surface area contributed by atoms with E-state index in [0.717, 1.165) is 32.2 Å². The van der Waals surface area contributed by atoms with Crippen LogP contribution in [0.4, 0.5) is 5.69 Å². The topological polar surface area (TPSA) is 83.5 Å². The molecule has 2 amide bonds. The number of hydrogen-bond acceptors (Lipinski definition) is 4. The number of hydrogen-bond donors (Lipinski definition) is 1. The molecule has 1 saturated heterocycles. The van der Waals surface area contributed by atoms with Gasteiger partial charge in [-0.1, -0.05) is 12.1 Å². The molecular formula is C19H20N2O4S. The summed E-state index contributed by atoms with van der Waals surface area (Å²) in [6.07, 6.45) is 3.12. The third kappa shape index (κ3) is 4.11. The van der Waals surface area contributed by atoms with Crippen LogP contribution in [0.15, 0.2) is 53.4 Å². The third-order valence-corrected chi connectivity index (χ3v) is 5.40. The van der Waals surface area contributed by atoms with E-state index >= 15 is 0 Å². The molecule has 0 aliphatic carbocycles. The minimum Gasteiger partial charge on any atom is -0.339 e. The van der Waals surface area contributed by atoms with Gasteiger partial charge in [-0.15, -0.1) is 0 Å². The highest BCUT2D eigenvalue weighted by molar-refractivity contribution is 7.90. The number of carbonyl (C=O) groups excluding carboxylic acids is 2. The van der Waals surface area contributed by atoms with Gasteiger partial charge < -0.3 is 10.2 Å². The molecule has 0 saturated carbocycles. The van der Waals surface area contributed by atoms with Crippen LogP contribution in [-0.4, -0.2) is 44.5 Å². The van der Waals surface area contributed by atoms with Crippen LogP contribution in [0.3, 0.4) is 0 Å². The summed E-state index contributed by atoms with van der Waals surface area (Å²) in [6, 6.07) is 12.6. The van der Waals surface area contributed by atoms with E-state index in [1.54, 1.807) is 35.2 Å². The summed E-state index contributed by atoms with van der Waals surface area (Å²) in [5.74, 6) is -0.473. The summed E-state index contributed by atoms with van der Waals surface area (Å²) in [5.41, 5.74) is 1.25. The summed E-state index contributed by atoms with van der Waals surface area (Å²) in [7, 11) is -3.39. The van der Waals surface area contributed by atoms with E-state index in [9.17, 15) is 18.0 Å². The first-order valence-electron chi connectivity index (χ1n) is 8.35. The Morgan fingerprint density at radius 1 is 0.962 bits per heavy atom. The minimum absolute atomic E-state index is 0.0438. The van der Waals surface area contributed by atoms with E-state index in [4.69, 9.17) is 0 Å². The molecule has 7 heteroatoms. The van der Waals surface area contributed by atoms with Gasteiger partial charge >= 0.3 is 0 Å². The average Bonchev–Trinajstić information content (AvgIpc) is 3.15. The van der Waals surface area contributed by atoms with E-state index in [1.165, 1.54) is 18.2 Å². The molecule has 0 bridgehead atoms. The Labute approximate surface area is 152 Å². The van der Waals surface area contributed by atoms with Gasteiger partial charge in [-0.25, -0.2) is 8.42 Å². The lowest BCUT2D eigenvalue weighted by Gasteiger charge is -2.15. The number of anilines is 1. The number of nitrogens with one attached hydrogen (secondary N) is 1. The van der Waals surface area contributed by atoms with E-state index in [1.807, 2.05) is 0 Å². The molecule has 0 aromatic heterocycles. The molecule has 0 spiro atoms. The average molecular weight is 372 g/mol. The van der Waals surface area contributed by atoms with Crippen LogP contribution >= 0.6 is 0 Å². The van der Waals surface area contributed by atoms with Crippen LogP contribution in [0.5, 0.6) is 0 Å². The fourth-order valence-electron chi connectivity index (χ4n) is 2.90. The Morgan fingerprint density at radius 3 is 2.31 bits per heavy atom. The molecule has 1 heterocycles. The van der Waals surface area contributed by atoms with E-state index < -0.39 is 15.7 Å². The lowest BCUT2D eigenvalue weighted by Crippen LogP contribution is -2.27. The van der Waals surface area contributed by atoms with Gasteiger partial charge in [0.2, 0.25) is 0 Å². The fourth-order valence-corrected chi connectivity index (χ4v) is 3.57. The third-order valence-electron chi connectivity index (χ3n) is 4.29. The lowest BCUT2D eigenvalue weighted by atomic mass is 10.1. The molecule has 0 unspecified atom stereocenters. The zero-order chi connectivity index (χ0) is 18.7. The van der Waals surface area contributed by atoms with Crippen molar-refractivity contribution < 1.29 is 18.0 Å². The standard InChI is InChI=1S/C19H20N2O4S/c1-26(24,25)17-9-5-6-14(13-17)18(22)20-16-8-4-7-15(12-16)19(23)21-10-2-3-11-21/h4-9,12-13H,2-3,10-11H2,1H3,(H,20,22). The van der Waals surface area contributed by atoms with E-state index in [2.05, 4.69) is 5.32 Å². The molecule has 6 nitrogen and oxygen atoms in total. The van der Waals surface area contributed by atoms with Crippen molar-refractivity contribution in [1.29, 1.82) is 0 Å². The van der Waals surface area contributed by atoms with Crippen molar-refractivity contribution in [3.05, 3.63) is 59.7 Å². The summed E-state index contributed by atoms with van der Waals surface area (Å²) in [5, 5.41) is 2.72. The van der Waals surface area contributed by atoms with Crippen LogP contribution in [0.1, 0.15) is 33.6 Å². The van der Waals surface area contributed by atoms with Crippen LogP contribution < -0.4 is 5.32 Å². The second-order valence-electron chi connectivity index (χ2n) is 6.33. The number of nitrogens with zero attached hydrogens (tertiary/aromatic N) is 1. The van der Waals surface area contributed by atoms with Crippen molar-refractivity contribution >= 4 is 27.3 Å². The predicted octanol–water partition coefficient (Wildman–Crippen LogP) is 2.58. The summed E-state index contributed by atoms with van der Waals surface area (Å²) < 4.78 is 23.3. The molecule has 1 aliphatic heterocycles. The van der Waals surface area contributed by atoms with Crippen molar-refractivity contribution in [3.8, 4) is 0 Å². The normalized spacial score (nSPS) is 14.3. The molecule has 1 aliphatic rings. The second-order valence-corrected chi connectivity index (χ2v) is 8.35. The van der Waals surface area contributed by atoms with Gasteiger partial charge in [0.25, 0.3) is 11.8 Å². The highest BCUT2D eigenvalue weighted by Crippen LogP contribution is 2.18. The summed E-state index contributed by atoms with van der Waals surface area (Å²) in [6.45, 7) is 1.52. The Bertz CT molecular complexity index is 948. The minimum atomic E-state index is -3.39. The van der Waals surface area contributed by atoms with Crippen molar-refractivity contribution in [2.45, 2.75) is 17.7 Å². The maximum Gasteiger partial charge on any atom is 0.255 e. The largest absolute Gasteiger partial charge is 0.339 e. The molecule has 0 atom stereocenters. The fraction of sp³-hybridized carbons (Fsp3) is 0.263. The Balaban J connectivity index is 1.78. The van der Waals surface area contributed by atoms with Gasteiger partial charge in [0, 0.05) is 36.2 Å². The van der Waals surface area contributed by atoms with Gasteiger partial charge in [-0.05, 0) is 49.2 Å². The van der Waals surface area contributed by atoms with Gasteiger partial charge in [0.1, 0.15) is 0 Å².